The monoisotopic (exact) mass is 239 g/mol. The van der Waals surface area contributed by atoms with E-state index in [0.29, 0.717) is 6.42 Å². The molecule has 0 aliphatic carbocycles. The summed E-state index contributed by atoms with van der Waals surface area (Å²) < 4.78 is 0. The first kappa shape index (κ1) is 12.4. The van der Waals surface area contributed by atoms with Crippen molar-refractivity contribution >= 4 is 11.6 Å². The van der Waals surface area contributed by atoms with E-state index >= 15 is 0 Å². The Kier molecular flexibility index (Phi) is 4.13. The average Bonchev–Trinajstić information content (AvgIpc) is 2.41. The van der Waals surface area contributed by atoms with Gasteiger partial charge in [0.25, 0.3) is 0 Å². The van der Waals surface area contributed by atoms with Crippen LogP contribution in [0.1, 0.15) is 19.8 Å². The van der Waals surface area contributed by atoms with Crippen molar-refractivity contribution in [2.24, 2.45) is 0 Å². The van der Waals surface area contributed by atoms with Gasteiger partial charge in [-0.3, -0.25) is 4.79 Å². The van der Waals surface area contributed by atoms with Crippen molar-refractivity contribution in [3.8, 4) is 11.1 Å². The number of benzene rings is 2. The number of carbonyl (C=O) groups is 1. The molecule has 2 aromatic rings. The maximum absolute atomic E-state index is 11.5. The van der Waals surface area contributed by atoms with E-state index < -0.39 is 0 Å². The Bertz CT molecular complexity index is 502. The fraction of sp³-hybridized carbons (Fsp3) is 0.188. The highest BCUT2D eigenvalue weighted by molar-refractivity contribution is 5.90. The highest BCUT2D eigenvalue weighted by Crippen LogP contribution is 2.20. The topological polar surface area (TPSA) is 29.1 Å². The average molecular weight is 239 g/mol. The first-order chi connectivity index (χ1) is 8.79. The molecule has 0 heterocycles. The molecule has 18 heavy (non-hydrogen) atoms. The third-order valence-corrected chi connectivity index (χ3v) is 2.75. The van der Waals surface area contributed by atoms with Crippen LogP contribution in [0.5, 0.6) is 0 Å². The second-order valence-electron chi connectivity index (χ2n) is 4.24. The Hall–Kier alpha value is -2.09. The highest BCUT2D eigenvalue weighted by atomic mass is 16.1. The Labute approximate surface area is 108 Å². The minimum atomic E-state index is 0.0740. The number of amides is 1. The molecule has 0 atom stereocenters. The molecule has 0 spiro atoms. The van der Waals surface area contributed by atoms with Crippen LogP contribution in [0.4, 0.5) is 5.69 Å². The van der Waals surface area contributed by atoms with Crippen LogP contribution in [0.3, 0.4) is 0 Å². The van der Waals surface area contributed by atoms with Crippen molar-refractivity contribution < 1.29 is 4.79 Å². The number of nitrogens with one attached hydrogen (secondary N) is 1. The number of anilines is 1. The third kappa shape index (κ3) is 3.20. The van der Waals surface area contributed by atoms with Crippen LogP contribution in [-0.2, 0) is 4.79 Å². The molecule has 0 radical (unpaired) electrons. The van der Waals surface area contributed by atoms with Gasteiger partial charge in [0.2, 0.25) is 5.91 Å². The zero-order valence-corrected chi connectivity index (χ0v) is 10.5. The number of hydrogen-bond acceptors (Lipinski definition) is 1. The summed E-state index contributed by atoms with van der Waals surface area (Å²) in [5.74, 6) is 0.0740. The number of carbonyl (C=O) groups excluding carboxylic acids is 1. The van der Waals surface area contributed by atoms with Crippen LogP contribution in [0.25, 0.3) is 11.1 Å². The third-order valence-electron chi connectivity index (χ3n) is 2.75. The first-order valence-corrected chi connectivity index (χ1v) is 6.25. The van der Waals surface area contributed by atoms with E-state index in [1.54, 1.807) is 0 Å². The molecule has 1 amide bonds. The van der Waals surface area contributed by atoms with Gasteiger partial charge in [0.1, 0.15) is 0 Å². The zero-order valence-electron chi connectivity index (χ0n) is 10.5. The van der Waals surface area contributed by atoms with Crippen molar-refractivity contribution in [3.05, 3.63) is 54.6 Å². The summed E-state index contributed by atoms with van der Waals surface area (Å²) in [6.45, 7) is 2.00. The summed E-state index contributed by atoms with van der Waals surface area (Å²) in [4.78, 5) is 11.5. The molecular formula is C16H17NO. The number of rotatable bonds is 4. The van der Waals surface area contributed by atoms with Crippen molar-refractivity contribution in [2.75, 3.05) is 5.32 Å². The van der Waals surface area contributed by atoms with E-state index in [0.717, 1.165) is 17.7 Å². The molecule has 0 bridgehead atoms. The summed E-state index contributed by atoms with van der Waals surface area (Å²) in [6.07, 6.45) is 1.44. The molecule has 2 heteroatoms. The van der Waals surface area contributed by atoms with Gasteiger partial charge in [-0.15, -0.1) is 0 Å². The normalized spacial score (nSPS) is 10.1. The predicted octanol–water partition coefficient (Wildman–Crippen LogP) is 4.09. The fourth-order valence-corrected chi connectivity index (χ4v) is 1.83. The second kappa shape index (κ2) is 6.01. The van der Waals surface area contributed by atoms with Crippen molar-refractivity contribution in [1.29, 1.82) is 0 Å². The van der Waals surface area contributed by atoms with Gasteiger partial charge in [0.05, 0.1) is 0 Å². The molecule has 0 fully saturated rings. The van der Waals surface area contributed by atoms with E-state index in [1.165, 1.54) is 5.56 Å². The standard InChI is InChI=1S/C16H17NO/c1-2-6-16(18)17-15-11-9-14(10-12-15)13-7-4-3-5-8-13/h3-5,7-12H,2,6H2,1H3,(H,17,18). The lowest BCUT2D eigenvalue weighted by Gasteiger charge is -2.06. The lowest BCUT2D eigenvalue weighted by Crippen LogP contribution is -2.10. The van der Waals surface area contributed by atoms with Crippen LogP contribution in [0.2, 0.25) is 0 Å². The molecule has 2 nitrogen and oxygen atoms in total. The van der Waals surface area contributed by atoms with Gasteiger partial charge in [-0.05, 0) is 29.7 Å². The van der Waals surface area contributed by atoms with E-state index in [9.17, 15) is 4.79 Å². The van der Waals surface area contributed by atoms with E-state index in [-0.39, 0.29) is 5.91 Å². The molecule has 0 unspecified atom stereocenters. The van der Waals surface area contributed by atoms with Crippen LogP contribution in [0, 0.1) is 0 Å². The Balaban J connectivity index is 2.09. The molecule has 2 aromatic carbocycles. The van der Waals surface area contributed by atoms with Gasteiger partial charge in [0.15, 0.2) is 0 Å². The largest absolute Gasteiger partial charge is 0.326 e. The maximum atomic E-state index is 11.5. The first-order valence-electron chi connectivity index (χ1n) is 6.25. The van der Waals surface area contributed by atoms with Crippen LogP contribution >= 0.6 is 0 Å². The van der Waals surface area contributed by atoms with E-state index in [1.807, 2.05) is 49.4 Å². The van der Waals surface area contributed by atoms with E-state index in [2.05, 4.69) is 17.4 Å². The minimum absolute atomic E-state index is 0.0740. The molecule has 0 saturated carbocycles. The second-order valence-corrected chi connectivity index (χ2v) is 4.24. The van der Waals surface area contributed by atoms with Gasteiger partial charge in [-0.2, -0.15) is 0 Å². The van der Waals surface area contributed by atoms with Gasteiger partial charge < -0.3 is 5.32 Å². The number of hydrogen-bond donors (Lipinski definition) is 1. The Morgan fingerprint density at radius 2 is 1.56 bits per heavy atom. The molecule has 2 rings (SSSR count). The van der Waals surface area contributed by atoms with E-state index in [4.69, 9.17) is 0 Å². The summed E-state index contributed by atoms with van der Waals surface area (Å²) in [5, 5.41) is 2.88. The molecule has 0 aromatic heterocycles. The summed E-state index contributed by atoms with van der Waals surface area (Å²) in [5.41, 5.74) is 3.20. The molecule has 0 aliphatic rings. The summed E-state index contributed by atoms with van der Waals surface area (Å²) in [7, 11) is 0. The molecule has 92 valence electrons. The molecular weight excluding hydrogens is 222 g/mol. The van der Waals surface area contributed by atoms with Crippen LogP contribution in [0.15, 0.2) is 54.6 Å². The van der Waals surface area contributed by atoms with Crippen molar-refractivity contribution in [2.45, 2.75) is 19.8 Å². The molecule has 0 aliphatic heterocycles. The van der Waals surface area contributed by atoms with Gasteiger partial charge in [-0.1, -0.05) is 49.4 Å². The van der Waals surface area contributed by atoms with Gasteiger partial charge in [0, 0.05) is 12.1 Å². The quantitative estimate of drug-likeness (QED) is 0.855. The summed E-state index contributed by atoms with van der Waals surface area (Å²) >= 11 is 0. The van der Waals surface area contributed by atoms with Gasteiger partial charge in [-0.25, -0.2) is 0 Å². The Morgan fingerprint density at radius 1 is 0.944 bits per heavy atom. The lowest BCUT2D eigenvalue weighted by molar-refractivity contribution is -0.116. The molecule has 1 N–H and O–H groups in total. The Morgan fingerprint density at radius 3 is 2.17 bits per heavy atom. The highest BCUT2D eigenvalue weighted by Gasteiger charge is 2.01. The van der Waals surface area contributed by atoms with Gasteiger partial charge >= 0.3 is 0 Å². The lowest BCUT2D eigenvalue weighted by atomic mass is 10.1. The van der Waals surface area contributed by atoms with Crippen molar-refractivity contribution in [1.82, 2.24) is 0 Å². The fourth-order valence-electron chi connectivity index (χ4n) is 1.83. The maximum Gasteiger partial charge on any atom is 0.224 e. The van der Waals surface area contributed by atoms with Crippen LogP contribution in [-0.4, -0.2) is 5.91 Å². The van der Waals surface area contributed by atoms with Crippen molar-refractivity contribution in [3.63, 3.8) is 0 Å². The minimum Gasteiger partial charge on any atom is -0.326 e. The molecule has 0 saturated heterocycles. The predicted molar refractivity (Wildman–Crippen MR) is 75.4 cm³/mol. The smallest absolute Gasteiger partial charge is 0.224 e. The SMILES string of the molecule is CCCC(=O)Nc1ccc(-c2ccccc2)cc1. The van der Waals surface area contributed by atoms with Crippen LogP contribution < -0.4 is 5.32 Å². The summed E-state index contributed by atoms with van der Waals surface area (Å²) in [6, 6.07) is 18.1. The zero-order chi connectivity index (χ0) is 12.8.